The van der Waals surface area contributed by atoms with Crippen LogP contribution in [0.2, 0.25) is 0 Å². The van der Waals surface area contributed by atoms with Gasteiger partial charge in [-0.05, 0) is 30.3 Å². The van der Waals surface area contributed by atoms with Crippen LogP contribution in [0.5, 0.6) is 0 Å². The molecule has 0 bridgehead atoms. The summed E-state index contributed by atoms with van der Waals surface area (Å²) >= 11 is 0. The van der Waals surface area contributed by atoms with Gasteiger partial charge in [-0.1, -0.05) is 0 Å². The Balaban J connectivity index is 1.66. The molecule has 0 radical (unpaired) electrons. The summed E-state index contributed by atoms with van der Waals surface area (Å²) in [7, 11) is 0. The largest absolute Gasteiger partial charge is 0.373 e. The predicted octanol–water partition coefficient (Wildman–Crippen LogP) is 1.66. The molecule has 1 fully saturated rings. The van der Waals surface area contributed by atoms with Crippen LogP contribution in [0.3, 0.4) is 0 Å². The Morgan fingerprint density at radius 2 is 2.20 bits per heavy atom. The van der Waals surface area contributed by atoms with Crippen LogP contribution in [0.1, 0.15) is 5.56 Å². The highest BCUT2D eigenvalue weighted by atomic mass is 16.5. The lowest BCUT2D eigenvalue weighted by Gasteiger charge is -2.34. The molecule has 0 amide bonds. The van der Waals surface area contributed by atoms with E-state index in [1.165, 1.54) is 0 Å². The fraction of sp³-hybridized carbons (Fsp3) is 0.333. The van der Waals surface area contributed by atoms with Crippen LogP contribution in [-0.4, -0.2) is 35.6 Å². The number of benzene rings is 1. The molecule has 1 aliphatic heterocycles. The third-order valence-corrected chi connectivity index (χ3v) is 3.45. The van der Waals surface area contributed by atoms with Gasteiger partial charge in [-0.15, -0.1) is 0 Å². The van der Waals surface area contributed by atoms with Crippen molar-refractivity contribution in [1.29, 1.82) is 5.26 Å². The molecule has 20 heavy (non-hydrogen) atoms. The van der Waals surface area contributed by atoms with Gasteiger partial charge in [0.25, 0.3) is 0 Å². The zero-order valence-corrected chi connectivity index (χ0v) is 11.1. The highest BCUT2D eigenvalue weighted by molar-refractivity contribution is 5.50. The molecule has 0 aliphatic carbocycles. The first-order valence-corrected chi connectivity index (χ1v) is 6.69. The molecule has 2 heterocycles. The van der Waals surface area contributed by atoms with Crippen molar-refractivity contribution in [2.45, 2.75) is 12.6 Å². The molecule has 1 aromatic carbocycles. The summed E-state index contributed by atoms with van der Waals surface area (Å²) in [6.45, 7) is 3.19. The minimum Gasteiger partial charge on any atom is -0.373 e. The number of anilines is 1. The molecule has 3 rings (SSSR count). The minimum absolute atomic E-state index is 0.138. The molecular weight excluding hydrogens is 252 g/mol. The molecule has 102 valence electrons. The standard InChI is InChI=1S/C15H16N4O/c16-10-13-2-4-14(5-3-13)18-8-9-20-15(11-18)12-19-7-1-6-17-19/h1-7,15H,8-9,11-12H2/t15-/m1/s1. The van der Waals surface area contributed by atoms with Crippen LogP contribution < -0.4 is 4.90 Å². The van der Waals surface area contributed by atoms with E-state index in [9.17, 15) is 0 Å². The van der Waals surface area contributed by atoms with Crippen LogP contribution in [0.25, 0.3) is 0 Å². The Labute approximate surface area is 118 Å². The highest BCUT2D eigenvalue weighted by Gasteiger charge is 2.21. The maximum absolute atomic E-state index is 8.83. The van der Waals surface area contributed by atoms with Gasteiger partial charge < -0.3 is 9.64 Å². The van der Waals surface area contributed by atoms with Gasteiger partial charge in [0.1, 0.15) is 0 Å². The number of nitrogens with zero attached hydrogens (tertiary/aromatic N) is 4. The van der Waals surface area contributed by atoms with Crippen molar-refractivity contribution in [3.8, 4) is 6.07 Å². The zero-order valence-electron chi connectivity index (χ0n) is 11.1. The quantitative estimate of drug-likeness (QED) is 0.849. The van der Waals surface area contributed by atoms with Crippen LogP contribution in [0.15, 0.2) is 42.7 Å². The first-order chi connectivity index (χ1) is 9.85. The summed E-state index contributed by atoms with van der Waals surface area (Å²) in [5.74, 6) is 0. The average molecular weight is 268 g/mol. The van der Waals surface area contributed by atoms with Crippen molar-refractivity contribution in [3.05, 3.63) is 48.3 Å². The topological polar surface area (TPSA) is 54.1 Å². The molecule has 2 aromatic rings. The van der Waals surface area contributed by atoms with Crippen molar-refractivity contribution in [2.75, 3.05) is 24.6 Å². The summed E-state index contributed by atoms with van der Waals surface area (Å²) in [6.07, 6.45) is 3.87. The number of rotatable bonds is 3. The third-order valence-electron chi connectivity index (χ3n) is 3.45. The highest BCUT2D eigenvalue weighted by Crippen LogP contribution is 2.18. The monoisotopic (exact) mass is 268 g/mol. The van der Waals surface area contributed by atoms with Gasteiger partial charge in [0.05, 0.1) is 30.9 Å². The molecule has 1 aliphatic rings. The first kappa shape index (κ1) is 12.7. The van der Waals surface area contributed by atoms with E-state index in [2.05, 4.69) is 16.1 Å². The van der Waals surface area contributed by atoms with Crippen molar-refractivity contribution in [1.82, 2.24) is 9.78 Å². The van der Waals surface area contributed by atoms with Gasteiger partial charge in [0.2, 0.25) is 0 Å². The maximum Gasteiger partial charge on any atom is 0.0991 e. The molecule has 0 spiro atoms. The van der Waals surface area contributed by atoms with E-state index in [1.54, 1.807) is 6.20 Å². The summed E-state index contributed by atoms with van der Waals surface area (Å²) in [5.41, 5.74) is 1.83. The average Bonchev–Trinajstić information content (AvgIpc) is 3.01. The zero-order chi connectivity index (χ0) is 13.8. The van der Waals surface area contributed by atoms with E-state index in [1.807, 2.05) is 41.2 Å². The number of nitriles is 1. The Kier molecular flexibility index (Phi) is 3.66. The lowest BCUT2D eigenvalue weighted by atomic mass is 10.2. The minimum atomic E-state index is 0.138. The van der Waals surface area contributed by atoms with Crippen LogP contribution in [-0.2, 0) is 11.3 Å². The van der Waals surface area contributed by atoms with Crippen molar-refractivity contribution >= 4 is 5.69 Å². The van der Waals surface area contributed by atoms with Crippen molar-refractivity contribution in [3.63, 3.8) is 0 Å². The Morgan fingerprint density at radius 1 is 1.35 bits per heavy atom. The van der Waals surface area contributed by atoms with Gasteiger partial charge in [-0.2, -0.15) is 10.4 Å². The summed E-state index contributed by atoms with van der Waals surface area (Å²) in [6, 6.07) is 11.8. The second-order valence-corrected chi connectivity index (χ2v) is 4.83. The SMILES string of the molecule is N#Cc1ccc(N2CCO[C@@H](Cn3cccn3)C2)cc1. The lowest BCUT2D eigenvalue weighted by molar-refractivity contribution is 0.0274. The molecule has 5 heteroatoms. The maximum atomic E-state index is 8.83. The van der Waals surface area contributed by atoms with Crippen molar-refractivity contribution in [2.24, 2.45) is 0 Å². The van der Waals surface area contributed by atoms with E-state index < -0.39 is 0 Å². The van der Waals surface area contributed by atoms with Gasteiger partial charge >= 0.3 is 0 Å². The number of hydrogen-bond acceptors (Lipinski definition) is 4. The molecule has 0 saturated carbocycles. The van der Waals surface area contributed by atoms with Gasteiger partial charge in [-0.3, -0.25) is 4.68 Å². The van der Waals surface area contributed by atoms with E-state index in [-0.39, 0.29) is 6.10 Å². The molecule has 1 aromatic heterocycles. The Bertz CT molecular complexity index is 585. The fourth-order valence-corrected chi connectivity index (χ4v) is 2.43. The van der Waals surface area contributed by atoms with E-state index in [0.29, 0.717) is 12.2 Å². The summed E-state index contributed by atoms with van der Waals surface area (Å²) < 4.78 is 7.69. The number of hydrogen-bond donors (Lipinski definition) is 0. The van der Waals surface area contributed by atoms with Gasteiger partial charge in [0, 0.05) is 31.2 Å². The summed E-state index contributed by atoms with van der Waals surface area (Å²) in [4.78, 5) is 2.29. The van der Waals surface area contributed by atoms with Crippen LogP contribution in [0.4, 0.5) is 5.69 Å². The van der Waals surface area contributed by atoms with E-state index in [0.717, 1.165) is 25.3 Å². The molecule has 0 N–H and O–H groups in total. The lowest BCUT2D eigenvalue weighted by Crippen LogP contribution is -2.44. The molecule has 1 saturated heterocycles. The number of ether oxygens (including phenoxy) is 1. The summed E-state index contributed by atoms with van der Waals surface area (Å²) in [5, 5.41) is 13.0. The smallest absolute Gasteiger partial charge is 0.0991 e. The number of aromatic nitrogens is 2. The third kappa shape index (κ3) is 2.81. The molecule has 0 unspecified atom stereocenters. The normalized spacial score (nSPS) is 18.8. The first-order valence-electron chi connectivity index (χ1n) is 6.69. The van der Waals surface area contributed by atoms with Crippen molar-refractivity contribution < 1.29 is 4.74 Å². The fourth-order valence-electron chi connectivity index (χ4n) is 2.43. The second-order valence-electron chi connectivity index (χ2n) is 4.83. The Morgan fingerprint density at radius 3 is 2.90 bits per heavy atom. The molecular formula is C15H16N4O. The van der Waals surface area contributed by atoms with E-state index in [4.69, 9.17) is 10.00 Å². The molecule has 5 nitrogen and oxygen atoms in total. The van der Waals surface area contributed by atoms with Gasteiger partial charge in [0.15, 0.2) is 0 Å². The number of morpholine rings is 1. The Hall–Kier alpha value is -2.32. The van der Waals surface area contributed by atoms with Crippen LogP contribution >= 0.6 is 0 Å². The predicted molar refractivity (Wildman–Crippen MR) is 75.3 cm³/mol. The van der Waals surface area contributed by atoms with E-state index >= 15 is 0 Å². The van der Waals surface area contributed by atoms with Gasteiger partial charge in [-0.25, -0.2) is 0 Å². The second kappa shape index (κ2) is 5.76. The van der Waals surface area contributed by atoms with Crippen LogP contribution in [0, 0.1) is 11.3 Å². The molecule has 1 atom stereocenters.